The molecule has 168 valence electrons. The van der Waals surface area contributed by atoms with Gasteiger partial charge in [0.2, 0.25) is 0 Å². The lowest BCUT2D eigenvalue weighted by Gasteiger charge is -2.22. The molecule has 0 fully saturated rings. The number of hydrogen-bond acceptors (Lipinski definition) is 3. The van der Waals surface area contributed by atoms with Gasteiger partial charge in [0.05, 0.1) is 12.2 Å². The molecule has 0 saturated carbocycles. The highest BCUT2D eigenvalue weighted by Crippen LogP contribution is 2.18. The second-order valence-corrected chi connectivity index (χ2v) is 8.04. The molecule has 30 heavy (non-hydrogen) atoms. The molecule has 0 spiro atoms. The second-order valence-electron chi connectivity index (χ2n) is 8.04. The predicted molar refractivity (Wildman–Crippen MR) is 137 cm³/mol. The molecule has 0 bridgehead atoms. The van der Waals surface area contributed by atoms with E-state index in [-0.39, 0.29) is 24.0 Å². The van der Waals surface area contributed by atoms with Crippen molar-refractivity contribution in [2.75, 3.05) is 27.2 Å². The largest absolute Gasteiger partial charge is 0.357 e. The van der Waals surface area contributed by atoms with E-state index in [1.807, 2.05) is 11.7 Å². The van der Waals surface area contributed by atoms with Crippen molar-refractivity contribution in [3.63, 3.8) is 0 Å². The number of hydrogen-bond donors (Lipinski definition) is 1. The Hall–Kier alpha value is -1.61. The Morgan fingerprint density at radius 1 is 1.17 bits per heavy atom. The normalized spacial score (nSPS) is 11.7. The molecule has 7 heteroatoms. The molecule has 0 unspecified atom stereocenters. The van der Waals surface area contributed by atoms with Gasteiger partial charge in [-0.25, -0.2) is 4.99 Å². The van der Waals surface area contributed by atoms with E-state index in [1.54, 1.807) is 0 Å². The Labute approximate surface area is 199 Å². The number of benzene rings is 1. The van der Waals surface area contributed by atoms with E-state index in [4.69, 9.17) is 4.99 Å². The van der Waals surface area contributed by atoms with E-state index < -0.39 is 0 Å². The minimum absolute atomic E-state index is 0. The molecule has 0 radical (unpaired) electrons. The van der Waals surface area contributed by atoms with E-state index in [1.165, 1.54) is 16.7 Å². The summed E-state index contributed by atoms with van der Waals surface area (Å²) in [6.07, 6.45) is 2.11. The van der Waals surface area contributed by atoms with E-state index in [0.29, 0.717) is 12.5 Å². The zero-order valence-corrected chi connectivity index (χ0v) is 22.0. The molecule has 0 aliphatic heterocycles. The van der Waals surface area contributed by atoms with Gasteiger partial charge < -0.3 is 15.1 Å². The molecule has 1 aromatic heterocycles. The van der Waals surface area contributed by atoms with Gasteiger partial charge in [0.1, 0.15) is 0 Å². The summed E-state index contributed by atoms with van der Waals surface area (Å²) in [6.45, 7) is 13.0. The fourth-order valence-corrected chi connectivity index (χ4v) is 3.38. The Balaban J connectivity index is 0.00000450. The van der Waals surface area contributed by atoms with Crippen molar-refractivity contribution in [2.24, 2.45) is 12.0 Å². The van der Waals surface area contributed by atoms with Crippen molar-refractivity contribution >= 4 is 29.9 Å². The average molecular weight is 527 g/mol. The van der Waals surface area contributed by atoms with Gasteiger partial charge in [0, 0.05) is 45.5 Å². The first-order chi connectivity index (χ1) is 13.8. The first kappa shape index (κ1) is 26.4. The molecule has 0 aliphatic rings. The lowest BCUT2D eigenvalue weighted by molar-refractivity contribution is 0.345. The summed E-state index contributed by atoms with van der Waals surface area (Å²) in [5, 5.41) is 8.05. The van der Waals surface area contributed by atoms with E-state index in [0.717, 1.165) is 37.8 Å². The first-order valence-corrected chi connectivity index (χ1v) is 10.6. The van der Waals surface area contributed by atoms with Crippen LogP contribution in [0.25, 0.3) is 0 Å². The van der Waals surface area contributed by atoms with Gasteiger partial charge in [-0.2, -0.15) is 5.10 Å². The van der Waals surface area contributed by atoms with Gasteiger partial charge in [-0.3, -0.25) is 4.68 Å². The van der Waals surface area contributed by atoms with E-state index in [2.05, 4.69) is 92.5 Å². The summed E-state index contributed by atoms with van der Waals surface area (Å²) >= 11 is 0. The van der Waals surface area contributed by atoms with Crippen molar-refractivity contribution in [2.45, 2.75) is 53.2 Å². The lowest BCUT2D eigenvalue weighted by atomic mass is 10.1. The Morgan fingerprint density at radius 2 is 1.87 bits per heavy atom. The zero-order valence-electron chi connectivity index (χ0n) is 19.6. The Kier molecular flexibility index (Phi) is 11.4. The molecule has 2 aromatic rings. The van der Waals surface area contributed by atoms with Gasteiger partial charge in [-0.15, -0.1) is 24.0 Å². The minimum Gasteiger partial charge on any atom is -0.357 e. The second kappa shape index (κ2) is 12.9. The molecule has 6 nitrogen and oxygen atoms in total. The molecule has 1 heterocycles. The van der Waals surface area contributed by atoms with Crippen LogP contribution in [0.3, 0.4) is 0 Å². The van der Waals surface area contributed by atoms with Crippen molar-refractivity contribution in [3.05, 3.63) is 52.8 Å². The lowest BCUT2D eigenvalue weighted by Crippen LogP contribution is -2.38. The molecule has 2 rings (SSSR count). The van der Waals surface area contributed by atoms with Crippen molar-refractivity contribution in [1.82, 2.24) is 24.9 Å². The van der Waals surface area contributed by atoms with Crippen LogP contribution in [-0.2, 0) is 26.7 Å². The Morgan fingerprint density at radius 3 is 2.50 bits per heavy atom. The third-order valence-electron chi connectivity index (χ3n) is 4.98. The maximum Gasteiger partial charge on any atom is 0.194 e. The van der Waals surface area contributed by atoms with Crippen LogP contribution in [0.15, 0.2) is 35.5 Å². The molecule has 0 aliphatic carbocycles. The van der Waals surface area contributed by atoms with Crippen LogP contribution in [0.5, 0.6) is 0 Å². The maximum absolute atomic E-state index is 4.89. The SMILES string of the molecule is CCNC(=NCc1cccc(CN(C)CC)c1)N(C)Cc1cn(C)nc1C(C)C.I. The summed E-state index contributed by atoms with van der Waals surface area (Å²) in [7, 11) is 6.22. The standard InChI is InChI=1S/C23H38N6.HI/c1-8-24-23(28(6)16-21-17-29(7)26-22(21)18(3)4)25-14-19-11-10-12-20(13-19)15-27(5)9-2;/h10-13,17-18H,8-9,14-16H2,1-7H3,(H,24,25);1H. The number of rotatable bonds is 9. The van der Waals surface area contributed by atoms with Gasteiger partial charge in [-0.05, 0) is 37.6 Å². The molecule has 0 amide bonds. The summed E-state index contributed by atoms with van der Waals surface area (Å²) in [4.78, 5) is 9.38. The first-order valence-electron chi connectivity index (χ1n) is 10.6. The van der Waals surface area contributed by atoms with Crippen LogP contribution >= 0.6 is 24.0 Å². The molecular weight excluding hydrogens is 487 g/mol. The van der Waals surface area contributed by atoms with Crippen molar-refractivity contribution in [3.8, 4) is 0 Å². The fraction of sp³-hybridized carbons (Fsp3) is 0.565. The van der Waals surface area contributed by atoms with Gasteiger partial charge in [0.25, 0.3) is 0 Å². The number of guanidine groups is 1. The third-order valence-corrected chi connectivity index (χ3v) is 4.98. The molecule has 1 N–H and O–H groups in total. The van der Waals surface area contributed by atoms with Gasteiger partial charge >= 0.3 is 0 Å². The molecule has 0 saturated heterocycles. The quantitative estimate of drug-likeness (QED) is 0.302. The summed E-state index contributed by atoms with van der Waals surface area (Å²) in [6, 6.07) is 8.73. The zero-order chi connectivity index (χ0) is 21.4. The fourth-order valence-electron chi connectivity index (χ4n) is 3.38. The van der Waals surface area contributed by atoms with E-state index in [9.17, 15) is 0 Å². The number of aliphatic imine (C=N–C) groups is 1. The topological polar surface area (TPSA) is 48.7 Å². The van der Waals surface area contributed by atoms with Gasteiger partial charge in [-0.1, -0.05) is 45.0 Å². The number of aryl methyl sites for hydroxylation is 1. The maximum atomic E-state index is 4.89. The van der Waals surface area contributed by atoms with Crippen LogP contribution in [0.2, 0.25) is 0 Å². The third kappa shape index (κ3) is 7.91. The van der Waals surface area contributed by atoms with Crippen LogP contribution < -0.4 is 5.32 Å². The highest BCUT2D eigenvalue weighted by molar-refractivity contribution is 14.0. The van der Waals surface area contributed by atoms with Crippen LogP contribution in [0.1, 0.15) is 56.0 Å². The van der Waals surface area contributed by atoms with Gasteiger partial charge in [0.15, 0.2) is 5.96 Å². The van der Waals surface area contributed by atoms with Crippen LogP contribution in [0.4, 0.5) is 0 Å². The summed E-state index contributed by atoms with van der Waals surface area (Å²) in [5.74, 6) is 1.32. The van der Waals surface area contributed by atoms with E-state index >= 15 is 0 Å². The number of halogens is 1. The van der Waals surface area contributed by atoms with Crippen molar-refractivity contribution in [1.29, 1.82) is 0 Å². The number of aromatic nitrogens is 2. The molecular formula is C23H39IN6. The summed E-state index contributed by atoms with van der Waals surface area (Å²) < 4.78 is 1.90. The predicted octanol–water partition coefficient (Wildman–Crippen LogP) is 4.21. The smallest absolute Gasteiger partial charge is 0.194 e. The Bertz CT molecular complexity index is 799. The van der Waals surface area contributed by atoms with Crippen LogP contribution in [0, 0.1) is 0 Å². The monoisotopic (exact) mass is 526 g/mol. The number of nitrogens with one attached hydrogen (secondary N) is 1. The van der Waals surface area contributed by atoms with Crippen molar-refractivity contribution < 1.29 is 0 Å². The molecule has 0 atom stereocenters. The average Bonchev–Trinajstić information content (AvgIpc) is 3.05. The summed E-state index contributed by atoms with van der Waals surface area (Å²) in [5.41, 5.74) is 4.97. The number of nitrogens with zero attached hydrogens (tertiary/aromatic N) is 5. The van der Waals surface area contributed by atoms with Crippen LogP contribution in [-0.4, -0.2) is 52.7 Å². The highest BCUT2D eigenvalue weighted by atomic mass is 127. The highest BCUT2D eigenvalue weighted by Gasteiger charge is 2.15. The minimum atomic E-state index is 0. The molecule has 1 aromatic carbocycles.